The third-order valence-electron chi connectivity index (χ3n) is 5.63. The molecule has 5 heterocycles. The summed E-state index contributed by atoms with van der Waals surface area (Å²) in [6.45, 7) is 3.81. The van der Waals surface area contributed by atoms with Crippen LogP contribution in [0.1, 0.15) is 18.9 Å². The average Bonchev–Trinajstić information content (AvgIpc) is 3.14. The van der Waals surface area contributed by atoms with Crippen LogP contribution in [0.3, 0.4) is 0 Å². The first-order chi connectivity index (χ1) is 13.6. The normalized spacial score (nSPS) is 19.2. The van der Waals surface area contributed by atoms with Gasteiger partial charge in [-0.2, -0.15) is 10.1 Å². The molecule has 2 aliphatic rings. The molecule has 1 N–H and O–H groups in total. The molecule has 2 aliphatic heterocycles. The number of likely N-dealkylation sites (tertiary alicyclic amines) is 1. The van der Waals surface area contributed by atoms with Gasteiger partial charge in [0.2, 0.25) is 5.95 Å². The smallest absolute Gasteiger partial charge is 0.229 e. The van der Waals surface area contributed by atoms with Crippen LogP contribution in [0.2, 0.25) is 10.2 Å². The second-order valence-electron chi connectivity index (χ2n) is 7.40. The van der Waals surface area contributed by atoms with E-state index >= 15 is 0 Å². The molecule has 0 bridgehead atoms. The van der Waals surface area contributed by atoms with Gasteiger partial charge < -0.3 is 14.6 Å². The number of halogens is 2. The van der Waals surface area contributed by atoms with Crippen molar-refractivity contribution in [1.29, 1.82) is 0 Å². The van der Waals surface area contributed by atoms with E-state index in [2.05, 4.69) is 25.3 Å². The first-order valence-corrected chi connectivity index (χ1v) is 10.1. The Morgan fingerprint density at radius 3 is 2.64 bits per heavy atom. The quantitative estimate of drug-likeness (QED) is 0.696. The highest BCUT2D eigenvalue weighted by Crippen LogP contribution is 2.32. The predicted molar refractivity (Wildman–Crippen MR) is 108 cm³/mol. The first kappa shape index (κ1) is 18.2. The number of piperidine rings is 1. The number of hydrogen-bond donors (Lipinski definition) is 1. The summed E-state index contributed by atoms with van der Waals surface area (Å²) >= 11 is 12.8. The van der Waals surface area contributed by atoms with Crippen molar-refractivity contribution in [1.82, 2.24) is 29.2 Å². The van der Waals surface area contributed by atoms with E-state index < -0.39 is 0 Å². The van der Waals surface area contributed by atoms with Gasteiger partial charge >= 0.3 is 0 Å². The Kier molecular flexibility index (Phi) is 4.66. The standard InChI is InChI=1S/C18H21Cl2N7O/c1-25-8-14(19)13-6-21-18(24-17(13)25)23-15-7-22-27(16(15)20)11-2-4-26(5-3-11)12-9-28-10-12/h6-8,11-12H,2-5,9-10H2,1H3,(H,21,23,24). The lowest BCUT2D eigenvalue weighted by atomic mass is 10.0. The van der Waals surface area contributed by atoms with Gasteiger partial charge in [-0.1, -0.05) is 23.2 Å². The van der Waals surface area contributed by atoms with Crippen LogP contribution in [0.4, 0.5) is 11.6 Å². The fourth-order valence-corrected chi connectivity index (χ4v) is 4.46. The lowest BCUT2D eigenvalue weighted by Crippen LogP contribution is -2.51. The van der Waals surface area contributed by atoms with E-state index in [1.807, 2.05) is 22.5 Å². The zero-order valence-corrected chi connectivity index (χ0v) is 17.0. The summed E-state index contributed by atoms with van der Waals surface area (Å²) < 4.78 is 9.09. The zero-order chi connectivity index (χ0) is 19.3. The van der Waals surface area contributed by atoms with Gasteiger partial charge in [-0.15, -0.1) is 0 Å². The van der Waals surface area contributed by atoms with Crippen molar-refractivity contribution in [2.75, 3.05) is 31.6 Å². The third-order valence-corrected chi connectivity index (χ3v) is 6.31. The van der Waals surface area contributed by atoms with Crippen molar-refractivity contribution in [3.8, 4) is 0 Å². The highest BCUT2D eigenvalue weighted by molar-refractivity contribution is 6.35. The van der Waals surface area contributed by atoms with E-state index in [1.165, 1.54) is 0 Å². The van der Waals surface area contributed by atoms with Crippen molar-refractivity contribution in [2.24, 2.45) is 7.05 Å². The van der Waals surface area contributed by atoms with E-state index in [0.29, 0.717) is 33.9 Å². The predicted octanol–water partition coefficient (Wildman–Crippen LogP) is 3.25. The maximum atomic E-state index is 6.62. The molecule has 2 fully saturated rings. The number of nitrogens with one attached hydrogen (secondary N) is 1. The molecule has 10 heteroatoms. The fourth-order valence-electron chi connectivity index (χ4n) is 3.91. The van der Waals surface area contributed by atoms with Gasteiger partial charge in [0.15, 0.2) is 5.15 Å². The molecule has 0 atom stereocenters. The van der Waals surface area contributed by atoms with Crippen molar-refractivity contribution in [3.05, 3.63) is 28.8 Å². The van der Waals surface area contributed by atoms with Gasteiger partial charge in [0, 0.05) is 32.5 Å². The molecular weight excluding hydrogens is 401 g/mol. The minimum absolute atomic E-state index is 0.301. The Labute approximate surface area is 172 Å². The van der Waals surface area contributed by atoms with Gasteiger partial charge in [-0.3, -0.25) is 4.90 Å². The Morgan fingerprint density at radius 1 is 1.14 bits per heavy atom. The van der Waals surface area contributed by atoms with Gasteiger partial charge in [0.05, 0.1) is 47.6 Å². The van der Waals surface area contributed by atoms with Crippen molar-refractivity contribution < 1.29 is 4.74 Å². The topological polar surface area (TPSA) is 73.0 Å². The van der Waals surface area contributed by atoms with E-state index in [4.69, 9.17) is 27.9 Å². The highest BCUT2D eigenvalue weighted by Gasteiger charge is 2.31. The van der Waals surface area contributed by atoms with E-state index in [9.17, 15) is 0 Å². The van der Waals surface area contributed by atoms with Crippen LogP contribution in [-0.4, -0.2) is 61.6 Å². The average molecular weight is 422 g/mol. The van der Waals surface area contributed by atoms with Crippen molar-refractivity contribution >= 4 is 45.9 Å². The van der Waals surface area contributed by atoms with Crippen LogP contribution in [0.25, 0.3) is 11.0 Å². The number of rotatable bonds is 4. The largest absolute Gasteiger partial charge is 0.378 e. The lowest BCUT2D eigenvalue weighted by molar-refractivity contribution is -0.0734. The number of aryl methyl sites for hydroxylation is 1. The minimum Gasteiger partial charge on any atom is -0.378 e. The molecule has 0 radical (unpaired) electrons. The third kappa shape index (κ3) is 3.14. The molecular formula is C18H21Cl2N7O. The minimum atomic E-state index is 0.301. The number of nitrogens with zero attached hydrogens (tertiary/aromatic N) is 6. The Hall–Kier alpha value is -1.87. The Bertz CT molecular complexity index is 1000. The summed E-state index contributed by atoms with van der Waals surface area (Å²) in [5.41, 5.74) is 1.47. The molecule has 8 nitrogen and oxygen atoms in total. The van der Waals surface area contributed by atoms with Crippen LogP contribution in [0.5, 0.6) is 0 Å². The lowest BCUT2D eigenvalue weighted by Gasteiger charge is -2.41. The van der Waals surface area contributed by atoms with E-state index in [-0.39, 0.29) is 0 Å². The maximum Gasteiger partial charge on any atom is 0.229 e. The molecule has 0 aliphatic carbocycles. The summed E-state index contributed by atoms with van der Waals surface area (Å²) in [5, 5.41) is 9.74. The summed E-state index contributed by atoms with van der Waals surface area (Å²) in [5.74, 6) is 0.464. The Balaban J connectivity index is 1.31. The van der Waals surface area contributed by atoms with Crippen LogP contribution in [0.15, 0.2) is 18.6 Å². The molecule has 0 spiro atoms. The molecule has 0 amide bonds. The zero-order valence-electron chi connectivity index (χ0n) is 15.5. The molecule has 3 aromatic rings. The number of hydrogen-bond acceptors (Lipinski definition) is 6. The maximum absolute atomic E-state index is 6.62. The van der Waals surface area contributed by atoms with Crippen LogP contribution in [0, 0.1) is 0 Å². The van der Waals surface area contributed by atoms with Crippen LogP contribution < -0.4 is 5.32 Å². The SMILES string of the molecule is Cn1cc(Cl)c2cnc(Nc3cnn(C4CCN(C5COC5)CC4)c3Cl)nc21. The second-order valence-corrected chi connectivity index (χ2v) is 8.16. The second kappa shape index (κ2) is 7.18. The van der Waals surface area contributed by atoms with Gasteiger partial charge in [-0.25, -0.2) is 9.67 Å². The van der Waals surface area contributed by atoms with Gasteiger partial charge in [0.1, 0.15) is 5.65 Å². The molecule has 148 valence electrons. The summed E-state index contributed by atoms with van der Waals surface area (Å²) in [7, 11) is 1.90. The number of ether oxygens (including phenoxy) is 1. The number of aromatic nitrogens is 5. The molecule has 0 saturated carbocycles. The number of fused-ring (bicyclic) bond motifs is 1. The molecule has 0 unspecified atom stereocenters. The molecule has 0 aromatic carbocycles. The highest BCUT2D eigenvalue weighted by atomic mass is 35.5. The molecule has 5 rings (SSSR count). The molecule has 28 heavy (non-hydrogen) atoms. The summed E-state index contributed by atoms with van der Waals surface area (Å²) in [6, 6.07) is 0.889. The molecule has 2 saturated heterocycles. The number of anilines is 2. The monoisotopic (exact) mass is 421 g/mol. The summed E-state index contributed by atoms with van der Waals surface area (Å²) in [4.78, 5) is 11.4. The Morgan fingerprint density at radius 2 is 1.93 bits per heavy atom. The van der Waals surface area contributed by atoms with Crippen LogP contribution in [-0.2, 0) is 11.8 Å². The van der Waals surface area contributed by atoms with Gasteiger partial charge in [-0.05, 0) is 12.8 Å². The van der Waals surface area contributed by atoms with Gasteiger partial charge in [0.25, 0.3) is 0 Å². The summed E-state index contributed by atoms with van der Waals surface area (Å²) in [6.07, 6.45) is 7.33. The van der Waals surface area contributed by atoms with Crippen molar-refractivity contribution in [3.63, 3.8) is 0 Å². The first-order valence-electron chi connectivity index (χ1n) is 9.39. The fraction of sp³-hybridized carbons (Fsp3) is 0.500. The van der Waals surface area contributed by atoms with E-state index in [1.54, 1.807) is 12.4 Å². The van der Waals surface area contributed by atoms with E-state index in [0.717, 1.165) is 50.2 Å². The molecule has 3 aromatic heterocycles. The van der Waals surface area contributed by atoms with Crippen LogP contribution >= 0.6 is 23.2 Å². The van der Waals surface area contributed by atoms with Crippen molar-refractivity contribution in [2.45, 2.75) is 24.9 Å².